The summed E-state index contributed by atoms with van der Waals surface area (Å²) in [5, 5.41) is 11.6. The number of amides is 1. The molecule has 0 saturated heterocycles. The van der Waals surface area contributed by atoms with Gasteiger partial charge in [-0.2, -0.15) is 0 Å². The molecule has 0 aromatic rings. The Morgan fingerprint density at radius 2 is 1.18 bits per heavy atom. The SMILES string of the molecule is CCCCCCCCCCC[C@H](CC(=O)NC(C)CC(=O)O)OC(=O)CCCCCCCCC. The van der Waals surface area contributed by atoms with Gasteiger partial charge in [0.1, 0.15) is 6.10 Å². The van der Waals surface area contributed by atoms with Crippen LogP contribution in [0, 0.1) is 0 Å². The molecule has 1 unspecified atom stereocenters. The van der Waals surface area contributed by atoms with Crippen molar-refractivity contribution < 1.29 is 24.2 Å². The number of aliphatic carboxylic acids is 1. The summed E-state index contributed by atoms with van der Waals surface area (Å²) < 4.78 is 5.68. The number of ether oxygens (including phenoxy) is 1. The van der Waals surface area contributed by atoms with Crippen LogP contribution in [-0.4, -0.2) is 35.1 Å². The standard InChI is InChI=1S/C28H53NO5/c1-4-6-8-10-12-13-15-16-18-20-25(23-26(30)29-24(3)22-27(31)32)34-28(33)21-19-17-14-11-9-7-5-2/h24-25H,4-23H2,1-3H3,(H,29,30)(H,31,32)/t24?,25-/m1/s1. The van der Waals surface area contributed by atoms with Crippen molar-refractivity contribution in [1.82, 2.24) is 5.32 Å². The second kappa shape index (κ2) is 23.2. The molecule has 0 aliphatic carbocycles. The van der Waals surface area contributed by atoms with Crippen LogP contribution in [0.5, 0.6) is 0 Å². The summed E-state index contributed by atoms with van der Waals surface area (Å²) in [4.78, 5) is 35.6. The number of carboxylic acids is 1. The Kier molecular flexibility index (Phi) is 22.1. The molecule has 0 aliphatic heterocycles. The average Bonchev–Trinajstić information content (AvgIpc) is 2.76. The molecule has 2 N–H and O–H groups in total. The van der Waals surface area contributed by atoms with Crippen LogP contribution in [0.3, 0.4) is 0 Å². The Labute approximate surface area is 209 Å². The Bertz CT molecular complexity index is 523. The van der Waals surface area contributed by atoms with Crippen LogP contribution < -0.4 is 5.32 Å². The molecule has 34 heavy (non-hydrogen) atoms. The Morgan fingerprint density at radius 3 is 1.68 bits per heavy atom. The number of rotatable bonds is 24. The van der Waals surface area contributed by atoms with Gasteiger partial charge in [-0.3, -0.25) is 14.4 Å². The minimum absolute atomic E-state index is 0.101. The van der Waals surface area contributed by atoms with Crippen LogP contribution in [0.2, 0.25) is 0 Å². The normalized spacial score (nSPS) is 12.8. The van der Waals surface area contributed by atoms with Crippen LogP contribution >= 0.6 is 0 Å². The first kappa shape index (κ1) is 32.4. The van der Waals surface area contributed by atoms with Crippen LogP contribution in [0.1, 0.15) is 149 Å². The maximum absolute atomic E-state index is 12.4. The predicted octanol–water partition coefficient (Wildman–Crippen LogP) is 7.33. The minimum atomic E-state index is -0.944. The van der Waals surface area contributed by atoms with Crippen molar-refractivity contribution in [3.8, 4) is 0 Å². The van der Waals surface area contributed by atoms with Crippen LogP contribution in [0.4, 0.5) is 0 Å². The highest BCUT2D eigenvalue weighted by Gasteiger charge is 2.20. The first-order chi connectivity index (χ1) is 16.4. The molecule has 6 nitrogen and oxygen atoms in total. The second-order valence-corrected chi connectivity index (χ2v) is 9.87. The third kappa shape index (κ3) is 22.2. The summed E-state index contributed by atoms with van der Waals surface area (Å²) in [6, 6.07) is -0.443. The molecule has 0 spiro atoms. The van der Waals surface area contributed by atoms with E-state index in [0.717, 1.165) is 32.1 Å². The van der Waals surface area contributed by atoms with Crippen molar-refractivity contribution in [1.29, 1.82) is 0 Å². The average molecular weight is 484 g/mol. The summed E-state index contributed by atoms with van der Waals surface area (Å²) >= 11 is 0. The number of hydrogen-bond donors (Lipinski definition) is 2. The Morgan fingerprint density at radius 1 is 0.706 bits per heavy atom. The van der Waals surface area contributed by atoms with Crippen molar-refractivity contribution in [2.24, 2.45) is 0 Å². The molecule has 0 heterocycles. The third-order valence-corrected chi connectivity index (χ3v) is 6.21. The molecule has 6 heteroatoms. The van der Waals surface area contributed by atoms with E-state index in [0.29, 0.717) is 12.8 Å². The van der Waals surface area contributed by atoms with Gasteiger partial charge in [0.15, 0.2) is 0 Å². The van der Waals surface area contributed by atoms with Crippen LogP contribution in [0.15, 0.2) is 0 Å². The van der Waals surface area contributed by atoms with E-state index in [9.17, 15) is 14.4 Å². The van der Waals surface area contributed by atoms with E-state index in [4.69, 9.17) is 9.84 Å². The number of hydrogen-bond acceptors (Lipinski definition) is 4. The monoisotopic (exact) mass is 483 g/mol. The highest BCUT2D eigenvalue weighted by molar-refractivity contribution is 5.78. The lowest BCUT2D eigenvalue weighted by Gasteiger charge is -2.19. The van der Waals surface area contributed by atoms with Gasteiger partial charge in [-0.1, -0.05) is 104 Å². The maximum atomic E-state index is 12.4. The number of esters is 1. The van der Waals surface area contributed by atoms with Crippen molar-refractivity contribution in [2.45, 2.75) is 161 Å². The second-order valence-electron chi connectivity index (χ2n) is 9.87. The van der Waals surface area contributed by atoms with Gasteiger partial charge in [-0.25, -0.2) is 0 Å². The van der Waals surface area contributed by atoms with Gasteiger partial charge in [0.05, 0.1) is 12.8 Å². The minimum Gasteiger partial charge on any atom is -0.481 e. The number of carbonyl (C=O) groups is 3. The number of nitrogens with one attached hydrogen (secondary N) is 1. The number of carboxylic acid groups (broad SMARTS) is 1. The summed E-state index contributed by atoms with van der Waals surface area (Å²) in [5.41, 5.74) is 0. The summed E-state index contributed by atoms with van der Waals surface area (Å²) in [6.07, 6.45) is 19.6. The van der Waals surface area contributed by atoms with E-state index in [2.05, 4.69) is 19.2 Å². The molecule has 0 bridgehead atoms. The largest absolute Gasteiger partial charge is 0.481 e. The molecule has 0 aliphatic rings. The van der Waals surface area contributed by atoms with Crippen molar-refractivity contribution in [3.63, 3.8) is 0 Å². The molecule has 0 fully saturated rings. The lowest BCUT2D eigenvalue weighted by atomic mass is 10.0. The lowest BCUT2D eigenvalue weighted by Crippen LogP contribution is -2.37. The number of carbonyl (C=O) groups excluding carboxylic acids is 2. The lowest BCUT2D eigenvalue weighted by molar-refractivity contribution is -0.151. The molecule has 2 atom stereocenters. The molecule has 0 saturated carbocycles. The van der Waals surface area contributed by atoms with Crippen molar-refractivity contribution in [2.75, 3.05) is 0 Å². The molecular weight excluding hydrogens is 430 g/mol. The smallest absolute Gasteiger partial charge is 0.306 e. The van der Waals surface area contributed by atoms with E-state index >= 15 is 0 Å². The molecule has 0 aromatic carbocycles. The molecule has 200 valence electrons. The number of unbranched alkanes of at least 4 members (excludes halogenated alkanes) is 14. The highest BCUT2D eigenvalue weighted by atomic mass is 16.5. The van der Waals surface area contributed by atoms with Gasteiger partial charge < -0.3 is 15.2 Å². The van der Waals surface area contributed by atoms with Crippen molar-refractivity contribution in [3.05, 3.63) is 0 Å². The fourth-order valence-corrected chi connectivity index (χ4v) is 4.21. The van der Waals surface area contributed by atoms with Crippen LogP contribution in [-0.2, 0) is 19.1 Å². The Balaban J connectivity index is 4.34. The van der Waals surface area contributed by atoms with Crippen LogP contribution in [0.25, 0.3) is 0 Å². The fraction of sp³-hybridized carbons (Fsp3) is 0.893. The van der Waals surface area contributed by atoms with Gasteiger partial charge >= 0.3 is 11.9 Å². The topological polar surface area (TPSA) is 92.7 Å². The molecule has 0 radical (unpaired) electrons. The van der Waals surface area contributed by atoms with Gasteiger partial charge in [0.25, 0.3) is 0 Å². The highest BCUT2D eigenvalue weighted by Crippen LogP contribution is 2.16. The zero-order valence-corrected chi connectivity index (χ0v) is 22.4. The molecule has 0 aromatic heterocycles. The van der Waals surface area contributed by atoms with E-state index < -0.39 is 18.1 Å². The van der Waals surface area contributed by atoms with Gasteiger partial charge in [0, 0.05) is 12.5 Å². The zero-order valence-electron chi connectivity index (χ0n) is 22.4. The molecule has 0 rings (SSSR count). The first-order valence-electron chi connectivity index (χ1n) is 14.1. The maximum Gasteiger partial charge on any atom is 0.306 e. The third-order valence-electron chi connectivity index (χ3n) is 6.21. The fourth-order valence-electron chi connectivity index (χ4n) is 4.21. The quantitative estimate of drug-likeness (QED) is 0.111. The van der Waals surface area contributed by atoms with E-state index in [1.165, 1.54) is 70.6 Å². The predicted molar refractivity (Wildman–Crippen MR) is 139 cm³/mol. The van der Waals surface area contributed by atoms with Gasteiger partial charge in [0.2, 0.25) is 5.91 Å². The van der Waals surface area contributed by atoms with Gasteiger partial charge in [-0.05, 0) is 26.2 Å². The summed E-state index contributed by atoms with van der Waals surface area (Å²) in [7, 11) is 0. The molecular formula is C28H53NO5. The van der Waals surface area contributed by atoms with E-state index in [1.807, 2.05) is 0 Å². The van der Waals surface area contributed by atoms with Crippen molar-refractivity contribution >= 4 is 17.8 Å². The summed E-state index contributed by atoms with van der Waals surface area (Å²) in [6.45, 7) is 6.10. The van der Waals surface area contributed by atoms with E-state index in [-0.39, 0.29) is 24.7 Å². The zero-order chi connectivity index (χ0) is 25.4. The Hall–Kier alpha value is -1.59. The molecule has 1 amide bonds. The summed E-state index contributed by atoms with van der Waals surface area (Å²) in [5.74, 6) is -1.42. The first-order valence-corrected chi connectivity index (χ1v) is 14.1. The van der Waals surface area contributed by atoms with Gasteiger partial charge in [-0.15, -0.1) is 0 Å². The van der Waals surface area contributed by atoms with E-state index in [1.54, 1.807) is 6.92 Å².